The summed E-state index contributed by atoms with van der Waals surface area (Å²) in [6.07, 6.45) is -7.93. The third kappa shape index (κ3) is 4.93. The molecule has 1 aromatic carbocycles. The molecule has 3 rings (SSSR count). The molecule has 2 aliphatic rings. The van der Waals surface area contributed by atoms with Gasteiger partial charge in [0.15, 0.2) is 6.29 Å². The van der Waals surface area contributed by atoms with E-state index in [1.54, 1.807) is 0 Å². The topological polar surface area (TPSA) is 172 Å². The average Bonchev–Trinajstić information content (AvgIpc) is 2.72. The van der Waals surface area contributed by atoms with Gasteiger partial charge in [-0.25, -0.2) is 4.39 Å². The van der Waals surface area contributed by atoms with Crippen LogP contribution in [0, 0.1) is 0 Å². The molecule has 10 heteroatoms. The fourth-order valence-electron chi connectivity index (χ4n) is 3.82. The van der Waals surface area contributed by atoms with Crippen LogP contribution in [0.5, 0.6) is 0 Å². The second-order valence-corrected chi connectivity index (χ2v) is 7.71. The van der Waals surface area contributed by atoms with Gasteiger partial charge in [0.1, 0.15) is 30.6 Å². The summed E-state index contributed by atoms with van der Waals surface area (Å²) < 4.78 is 32.3. The van der Waals surface area contributed by atoms with Crippen molar-refractivity contribution in [2.75, 3.05) is 6.54 Å². The van der Waals surface area contributed by atoms with Crippen molar-refractivity contribution in [3.05, 3.63) is 35.9 Å². The number of nitrogens with two attached hydrogens (primary N) is 4. The van der Waals surface area contributed by atoms with Crippen molar-refractivity contribution in [1.82, 2.24) is 0 Å². The summed E-state index contributed by atoms with van der Waals surface area (Å²) in [5, 5.41) is 20.3. The Balaban J connectivity index is 1.65. The highest BCUT2D eigenvalue weighted by Crippen LogP contribution is 2.29. The molecule has 1 aliphatic carbocycles. The van der Waals surface area contributed by atoms with E-state index >= 15 is 4.39 Å². The number of alkyl halides is 1. The Hall–Kier alpha value is -1.21. The lowest BCUT2D eigenvalue weighted by atomic mass is 9.84. The maximum Gasteiger partial charge on any atom is 0.176 e. The fraction of sp³-hybridized carbons (Fsp3) is 0.684. The molecular weight excluding hydrogens is 383 g/mol. The maximum atomic E-state index is 15.1. The maximum absolute atomic E-state index is 15.1. The van der Waals surface area contributed by atoms with Crippen LogP contribution in [0.15, 0.2) is 30.3 Å². The normalized spacial score (nSPS) is 43.3. The van der Waals surface area contributed by atoms with Gasteiger partial charge in [0.05, 0.1) is 18.8 Å². The predicted octanol–water partition coefficient (Wildman–Crippen LogP) is -1.91. The summed E-state index contributed by atoms with van der Waals surface area (Å²) in [5.41, 5.74) is 24.4. The lowest BCUT2D eigenvalue weighted by molar-refractivity contribution is -0.287. The van der Waals surface area contributed by atoms with E-state index in [1.807, 2.05) is 30.3 Å². The van der Waals surface area contributed by atoms with Crippen molar-refractivity contribution in [2.45, 2.75) is 74.1 Å². The fourth-order valence-corrected chi connectivity index (χ4v) is 3.82. The highest BCUT2D eigenvalue weighted by molar-refractivity contribution is 5.13. The number of benzene rings is 1. The van der Waals surface area contributed by atoms with Crippen molar-refractivity contribution in [2.24, 2.45) is 22.9 Å². The Morgan fingerprint density at radius 1 is 1.03 bits per heavy atom. The molecule has 1 heterocycles. The number of halogens is 1. The molecule has 0 radical (unpaired) electrons. The lowest BCUT2D eigenvalue weighted by Crippen LogP contribution is -2.67. The Bertz CT molecular complexity index is 642. The average molecular weight is 414 g/mol. The molecular formula is C19H31FN4O5. The second kappa shape index (κ2) is 9.73. The minimum absolute atomic E-state index is 0.0147. The monoisotopic (exact) mass is 414 g/mol. The summed E-state index contributed by atoms with van der Waals surface area (Å²) in [6.45, 7) is 0.166. The van der Waals surface area contributed by atoms with Crippen molar-refractivity contribution in [1.29, 1.82) is 0 Å². The van der Waals surface area contributed by atoms with Crippen molar-refractivity contribution in [3.8, 4) is 0 Å². The van der Waals surface area contributed by atoms with Crippen LogP contribution in [0.2, 0.25) is 0 Å². The smallest absolute Gasteiger partial charge is 0.176 e. The number of ether oxygens (including phenoxy) is 3. The van der Waals surface area contributed by atoms with Crippen LogP contribution in [0.3, 0.4) is 0 Å². The lowest BCUT2D eigenvalue weighted by Gasteiger charge is -2.46. The van der Waals surface area contributed by atoms with Crippen LogP contribution in [0.25, 0.3) is 0 Å². The van der Waals surface area contributed by atoms with E-state index in [9.17, 15) is 10.2 Å². The van der Waals surface area contributed by atoms with Crippen molar-refractivity contribution >= 4 is 0 Å². The largest absolute Gasteiger partial charge is 0.389 e. The molecule has 0 bridgehead atoms. The Labute approximate surface area is 169 Å². The summed E-state index contributed by atoms with van der Waals surface area (Å²) in [5.74, 6) is 0. The summed E-state index contributed by atoms with van der Waals surface area (Å²) in [7, 11) is 0. The molecule has 1 aliphatic heterocycles. The third-order valence-electron chi connectivity index (χ3n) is 5.57. The molecule has 1 saturated heterocycles. The third-order valence-corrected chi connectivity index (χ3v) is 5.57. The van der Waals surface area contributed by atoms with Crippen LogP contribution in [-0.2, 0) is 20.8 Å². The van der Waals surface area contributed by atoms with Gasteiger partial charge in [0.2, 0.25) is 0 Å². The molecule has 0 amide bonds. The molecule has 10 N–H and O–H groups in total. The first kappa shape index (κ1) is 22.5. The molecule has 0 aromatic heterocycles. The van der Waals surface area contributed by atoms with E-state index in [4.69, 9.17) is 37.1 Å². The van der Waals surface area contributed by atoms with Crippen LogP contribution < -0.4 is 22.9 Å². The number of hydrogen-bond acceptors (Lipinski definition) is 9. The van der Waals surface area contributed by atoms with E-state index < -0.39 is 61.1 Å². The summed E-state index contributed by atoms with van der Waals surface area (Å²) >= 11 is 0. The Morgan fingerprint density at radius 2 is 1.72 bits per heavy atom. The SMILES string of the molecule is NCC1OC(OC2C(N)CC(N)C(O)C2O)C(N)C(F)C1OCc1ccccc1. The molecule has 1 aromatic rings. The van der Waals surface area contributed by atoms with Crippen LogP contribution in [-0.4, -0.2) is 77.9 Å². The Kier molecular flexibility index (Phi) is 7.54. The molecule has 2 fully saturated rings. The van der Waals surface area contributed by atoms with Gasteiger partial charge in [0.25, 0.3) is 0 Å². The number of hydrogen-bond donors (Lipinski definition) is 6. The van der Waals surface area contributed by atoms with E-state index in [1.165, 1.54) is 0 Å². The van der Waals surface area contributed by atoms with E-state index in [-0.39, 0.29) is 19.6 Å². The van der Waals surface area contributed by atoms with Gasteiger partial charge < -0.3 is 47.4 Å². The summed E-state index contributed by atoms with van der Waals surface area (Å²) in [4.78, 5) is 0. The van der Waals surface area contributed by atoms with Gasteiger partial charge in [0, 0.05) is 18.6 Å². The molecule has 10 unspecified atom stereocenters. The molecule has 0 spiro atoms. The van der Waals surface area contributed by atoms with Gasteiger partial charge in [-0.05, 0) is 12.0 Å². The van der Waals surface area contributed by atoms with E-state index in [0.29, 0.717) is 0 Å². The van der Waals surface area contributed by atoms with Gasteiger partial charge in [-0.3, -0.25) is 0 Å². The number of rotatable bonds is 6. The first-order valence-corrected chi connectivity index (χ1v) is 9.77. The first-order valence-electron chi connectivity index (χ1n) is 9.77. The highest BCUT2D eigenvalue weighted by atomic mass is 19.1. The molecule has 10 atom stereocenters. The molecule has 1 saturated carbocycles. The summed E-state index contributed by atoms with van der Waals surface area (Å²) in [6, 6.07) is 6.79. The zero-order valence-corrected chi connectivity index (χ0v) is 16.1. The molecule has 164 valence electrons. The van der Waals surface area contributed by atoms with Crippen molar-refractivity contribution < 1.29 is 28.8 Å². The number of aliphatic hydroxyl groups excluding tert-OH is 2. The van der Waals surface area contributed by atoms with Gasteiger partial charge in [-0.1, -0.05) is 30.3 Å². The zero-order chi connectivity index (χ0) is 21.1. The van der Waals surface area contributed by atoms with Crippen LogP contribution in [0.1, 0.15) is 12.0 Å². The van der Waals surface area contributed by atoms with Gasteiger partial charge >= 0.3 is 0 Å². The van der Waals surface area contributed by atoms with Crippen molar-refractivity contribution in [3.63, 3.8) is 0 Å². The second-order valence-electron chi connectivity index (χ2n) is 7.71. The van der Waals surface area contributed by atoms with Crippen LogP contribution >= 0.6 is 0 Å². The van der Waals surface area contributed by atoms with Gasteiger partial charge in [-0.2, -0.15) is 0 Å². The van der Waals surface area contributed by atoms with E-state index in [0.717, 1.165) is 5.56 Å². The molecule has 9 nitrogen and oxygen atoms in total. The minimum atomic E-state index is -1.62. The number of aliphatic hydroxyl groups is 2. The van der Waals surface area contributed by atoms with Crippen LogP contribution in [0.4, 0.5) is 4.39 Å². The Morgan fingerprint density at radius 3 is 2.38 bits per heavy atom. The van der Waals surface area contributed by atoms with Gasteiger partial charge in [-0.15, -0.1) is 0 Å². The first-order chi connectivity index (χ1) is 13.8. The zero-order valence-electron chi connectivity index (χ0n) is 16.1. The van der Waals surface area contributed by atoms with E-state index in [2.05, 4.69) is 0 Å². The molecule has 29 heavy (non-hydrogen) atoms. The standard InChI is InChI=1S/C19H31FN4O5/c20-13-14(24)19(29-17-11(23)6-10(22)15(25)16(17)26)28-12(7-21)18(13)27-8-9-4-2-1-3-5-9/h1-5,10-19,25-26H,6-8,21-24H2. The predicted molar refractivity (Wildman–Crippen MR) is 103 cm³/mol. The minimum Gasteiger partial charge on any atom is -0.389 e. The quantitative estimate of drug-likeness (QED) is 0.310. The highest BCUT2D eigenvalue weighted by Gasteiger charge is 2.49.